The van der Waals surface area contributed by atoms with Gasteiger partial charge in [-0.05, 0) is 37.9 Å². The molecule has 1 heterocycles. The monoisotopic (exact) mass is 298 g/mol. The van der Waals surface area contributed by atoms with E-state index in [9.17, 15) is 0 Å². The molecule has 0 radical (unpaired) electrons. The molecule has 2 nitrogen and oxygen atoms in total. The number of piperazine rings is 1. The van der Waals surface area contributed by atoms with Gasteiger partial charge in [-0.2, -0.15) is 11.8 Å². The molecule has 2 aliphatic rings. The van der Waals surface area contributed by atoms with Crippen molar-refractivity contribution in [3.8, 4) is 0 Å². The molecule has 0 spiro atoms. The minimum absolute atomic E-state index is 0.356. The molecule has 20 heavy (non-hydrogen) atoms. The SMILES string of the molecule is CCC1(CC)CN(CC2(SC)CCC2)C(C(C)C)CN1. The van der Waals surface area contributed by atoms with Crippen LogP contribution < -0.4 is 5.32 Å². The average molecular weight is 299 g/mol. The molecule has 0 aromatic rings. The van der Waals surface area contributed by atoms with Crippen molar-refractivity contribution < 1.29 is 0 Å². The second-order valence-electron chi connectivity index (χ2n) is 7.33. The van der Waals surface area contributed by atoms with Crippen molar-refractivity contribution in [3.05, 3.63) is 0 Å². The van der Waals surface area contributed by atoms with Crippen LogP contribution in [0.25, 0.3) is 0 Å². The van der Waals surface area contributed by atoms with Crippen LogP contribution in [0.1, 0.15) is 59.8 Å². The van der Waals surface area contributed by atoms with E-state index in [2.05, 4.69) is 55.9 Å². The van der Waals surface area contributed by atoms with Gasteiger partial charge in [0.15, 0.2) is 0 Å². The van der Waals surface area contributed by atoms with E-state index >= 15 is 0 Å². The molecule has 1 saturated carbocycles. The maximum Gasteiger partial charge on any atom is 0.0304 e. The first kappa shape index (κ1) is 16.6. The zero-order valence-corrected chi connectivity index (χ0v) is 15.0. The second kappa shape index (κ2) is 6.58. The van der Waals surface area contributed by atoms with Crippen molar-refractivity contribution in [2.24, 2.45) is 5.92 Å². The zero-order valence-electron chi connectivity index (χ0n) is 14.2. The molecule has 1 N–H and O–H groups in total. The molecule has 118 valence electrons. The molecule has 1 aliphatic heterocycles. The highest BCUT2D eigenvalue weighted by Gasteiger charge is 2.44. The number of rotatable bonds is 6. The predicted octanol–water partition coefficient (Wildman–Crippen LogP) is 3.76. The summed E-state index contributed by atoms with van der Waals surface area (Å²) in [5.74, 6) is 0.744. The fraction of sp³-hybridized carbons (Fsp3) is 1.00. The van der Waals surface area contributed by atoms with E-state index in [0.29, 0.717) is 16.3 Å². The first-order chi connectivity index (χ1) is 9.50. The Labute approximate surface area is 130 Å². The van der Waals surface area contributed by atoms with E-state index in [0.717, 1.165) is 5.92 Å². The van der Waals surface area contributed by atoms with E-state index < -0.39 is 0 Å². The van der Waals surface area contributed by atoms with Gasteiger partial charge < -0.3 is 5.32 Å². The topological polar surface area (TPSA) is 15.3 Å². The standard InChI is InChI=1S/C17H34N2S/c1-6-16(7-2)12-19(15(11-18-16)14(3)4)13-17(20-5)9-8-10-17/h14-15,18H,6-13H2,1-5H3. The Morgan fingerprint density at radius 1 is 1.25 bits per heavy atom. The van der Waals surface area contributed by atoms with Crippen molar-refractivity contribution in [1.29, 1.82) is 0 Å². The summed E-state index contributed by atoms with van der Waals surface area (Å²) in [5, 5.41) is 3.88. The summed E-state index contributed by atoms with van der Waals surface area (Å²) in [6, 6.07) is 0.714. The zero-order chi connectivity index (χ0) is 14.8. The Bertz CT molecular complexity index is 301. The fourth-order valence-electron chi connectivity index (χ4n) is 3.93. The highest BCUT2D eigenvalue weighted by molar-refractivity contribution is 8.00. The van der Waals surface area contributed by atoms with Gasteiger partial charge in [0.25, 0.3) is 0 Å². The van der Waals surface area contributed by atoms with Crippen molar-refractivity contribution >= 4 is 11.8 Å². The van der Waals surface area contributed by atoms with Gasteiger partial charge in [0.05, 0.1) is 0 Å². The van der Waals surface area contributed by atoms with Gasteiger partial charge in [-0.3, -0.25) is 4.90 Å². The van der Waals surface area contributed by atoms with Crippen LogP contribution in [0.4, 0.5) is 0 Å². The largest absolute Gasteiger partial charge is 0.308 e. The molecule has 1 unspecified atom stereocenters. The van der Waals surface area contributed by atoms with Crippen LogP contribution in [0.5, 0.6) is 0 Å². The predicted molar refractivity (Wildman–Crippen MR) is 91.6 cm³/mol. The minimum Gasteiger partial charge on any atom is -0.308 e. The highest BCUT2D eigenvalue weighted by atomic mass is 32.2. The number of nitrogens with one attached hydrogen (secondary N) is 1. The number of hydrogen-bond donors (Lipinski definition) is 1. The molecule has 0 aromatic heterocycles. The summed E-state index contributed by atoms with van der Waals surface area (Å²) < 4.78 is 0.567. The molecule has 0 bridgehead atoms. The third kappa shape index (κ3) is 3.20. The average Bonchev–Trinajstić information content (AvgIpc) is 2.42. The molecule has 1 saturated heterocycles. The van der Waals surface area contributed by atoms with Crippen LogP contribution in [0, 0.1) is 5.92 Å². The Kier molecular flexibility index (Phi) is 5.47. The number of thioether (sulfide) groups is 1. The van der Waals surface area contributed by atoms with Crippen molar-refractivity contribution in [2.45, 2.75) is 76.1 Å². The molecule has 1 atom stereocenters. The number of nitrogens with zero attached hydrogens (tertiary/aromatic N) is 1. The fourth-order valence-corrected chi connectivity index (χ4v) is 4.93. The lowest BCUT2D eigenvalue weighted by Gasteiger charge is -2.53. The highest BCUT2D eigenvalue weighted by Crippen LogP contribution is 2.44. The molecule has 2 fully saturated rings. The van der Waals surface area contributed by atoms with Gasteiger partial charge in [0, 0.05) is 36.0 Å². The van der Waals surface area contributed by atoms with E-state index in [1.54, 1.807) is 0 Å². The lowest BCUT2D eigenvalue weighted by atomic mass is 9.81. The van der Waals surface area contributed by atoms with Crippen molar-refractivity contribution in [1.82, 2.24) is 10.2 Å². The first-order valence-corrected chi connectivity index (χ1v) is 9.76. The summed E-state index contributed by atoms with van der Waals surface area (Å²) in [5.41, 5.74) is 0.356. The van der Waals surface area contributed by atoms with Crippen molar-refractivity contribution in [2.75, 3.05) is 25.9 Å². The van der Waals surface area contributed by atoms with E-state index in [1.165, 1.54) is 51.7 Å². The normalized spacial score (nSPS) is 29.4. The van der Waals surface area contributed by atoms with Gasteiger partial charge in [-0.1, -0.05) is 34.1 Å². The van der Waals surface area contributed by atoms with Gasteiger partial charge in [0.1, 0.15) is 0 Å². The Morgan fingerprint density at radius 2 is 1.90 bits per heavy atom. The molecule has 0 aromatic carbocycles. The summed E-state index contributed by atoms with van der Waals surface area (Å²) in [7, 11) is 0. The third-order valence-electron chi connectivity index (χ3n) is 5.97. The Hall–Kier alpha value is 0.270. The van der Waals surface area contributed by atoms with E-state index in [1.807, 2.05) is 0 Å². The molecule has 1 aliphatic carbocycles. The molecular weight excluding hydrogens is 264 g/mol. The van der Waals surface area contributed by atoms with Crippen LogP contribution >= 0.6 is 11.8 Å². The minimum atomic E-state index is 0.356. The van der Waals surface area contributed by atoms with Crippen LogP contribution in [-0.2, 0) is 0 Å². The first-order valence-electron chi connectivity index (χ1n) is 8.54. The van der Waals surface area contributed by atoms with Gasteiger partial charge in [0.2, 0.25) is 0 Å². The van der Waals surface area contributed by atoms with Crippen molar-refractivity contribution in [3.63, 3.8) is 0 Å². The Balaban J connectivity index is 2.10. The van der Waals surface area contributed by atoms with E-state index in [4.69, 9.17) is 0 Å². The lowest BCUT2D eigenvalue weighted by Crippen LogP contribution is -2.67. The molecule has 2 rings (SSSR count). The lowest BCUT2D eigenvalue weighted by molar-refractivity contribution is 0.0345. The van der Waals surface area contributed by atoms with Crippen LogP contribution in [-0.4, -0.2) is 47.1 Å². The van der Waals surface area contributed by atoms with Crippen LogP contribution in [0.2, 0.25) is 0 Å². The summed E-state index contributed by atoms with van der Waals surface area (Å²) in [6.45, 7) is 13.2. The van der Waals surface area contributed by atoms with Crippen LogP contribution in [0.3, 0.4) is 0 Å². The Morgan fingerprint density at radius 3 is 2.30 bits per heavy atom. The maximum atomic E-state index is 3.88. The summed E-state index contributed by atoms with van der Waals surface area (Å²) in [4.78, 5) is 2.84. The van der Waals surface area contributed by atoms with Gasteiger partial charge in [-0.25, -0.2) is 0 Å². The van der Waals surface area contributed by atoms with Gasteiger partial charge in [-0.15, -0.1) is 0 Å². The summed E-state index contributed by atoms with van der Waals surface area (Å²) >= 11 is 2.12. The smallest absolute Gasteiger partial charge is 0.0304 e. The third-order valence-corrected chi connectivity index (χ3v) is 7.38. The molecule has 3 heteroatoms. The quantitative estimate of drug-likeness (QED) is 0.804. The molecule has 0 amide bonds. The summed E-state index contributed by atoms with van der Waals surface area (Å²) in [6.07, 6.45) is 9.10. The second-order valence-corrected chi connectivity index (χ2v) is 8.60. The maximum absolute atomic E-state index is 3.88. The van der Waals surface area contributed by atoms with E-state index in [-0.39, 0.29) is 0 Å². The van der Waals surface area contributed by atoms with Crippen LogP contribution in [0.15, 0.2) is 0 Å². The molecular formula is C17H34N2S. The number of hydrogen-bond acceptors (Lipinski definition) is 3. The van der Waals surface area contributed by atoms with Gasteiger partial charge >= 0.3 is 0 Å².